The monoisotopic (exact) mass is 659 g/mol. The molecular weight excluding hydrogens is 618 g/mol. The number of halogens is 1. The molecule has 7 nitrogen and oxygen atoms in total. The van der Waals surface area contributed by atoms with Crippen LogP contribution in [0, 0.1) is 6.92 Å². The van der Waals surface area contributed by atoms with Crippen molar-refractivity contribution in [2.75, 3.05) is 10.8 Å². The molecule has 1 N–H and O–H groups in total. The lowest BCUT2D eigenvalue weighted by Crippen LogP contribution is -2.54. The molecule has 9 heteroatoms. The fourth-order valence-electron chi connectivity index (χ4n) is 5.23. The molecular formula is C37H42ClN3O4S. The van der Waals surface area contributed by atoms with Crippen LogP contribution in [-0.4, -0.2) is 43.8 Å². The Morgan fingerprint density at radius 2 is 1.50 bits per heavy atom. The molecule has 0 aliphatic rings. The van der Waals surface area contributed by atoms with Gasteiger partial charge in [0.1, 0.15) is 12.6 Å². The summed E-state index contributed by atoms with van der Waals surface area (Å²) in [4.78, 5) is 30.2. The second-order valence-electron chi connectivity index (χ2n) is 11.5. The minimum atomic E-state index is -4.18. The van der Waals surface area contributed by atoms with Crippen molar-refractivity contribution in [2.45, 2.75) is 70.5 Å². The highest BCUT2D eigenvalue weighted by Gasteiger charge is 2.35. The van der Waals surface area contributed by atoms with Gasteiger partial charge >= 0.3 is 0 Å². The van der Waals surface area contributed by atoms with Gasteiger partial charge in [-0.2, -0.15) is 0 Å². The van der Waals surface area contributed by atoms with Crippen molar-refractivity contribution in [1.82, 2.24) is 10.2 Å². The lowest BCUT2D eigenvalue weighted by molar-refractivity contribution is -0.140. The predicted octanol–water partition coefficient (Wildman–Crippen LogP) is 6.96. The van der Waals surface area contributed by atoms with Crippen LogP contribution in [0.25, 0.3) is 0 Å². The van der Waals surface area contributed by atoms with Crippen molar-refractivity contribution in [3.05, 3.63) is 130 Å². The van der Waals surface area contributed by atoms with Gasteiger partial charge in [0.15, 0.2) is 0 Å². The van der Waals surface area contributed by atoms with E-state index >= 15 is 0 Å². The maximum absolute atomic E-state index is 14.6. The van der Waals surface area contributed by atoms with E-state index in [9.17, 15) is 18.0 Å². The summed E-state index contributed by atoms with van der Waals surface area (Å²) in [7, 11) is -4.18. The number of sulfonamides is 1. The van der Waals surface area contributed by atoms with Crippen LogP contribution in [0.3, 0.4) is 0 Å². The van der Waals surface area contributed by atoms with Crippen LogP contribution in [0.1, 0.15) is 49.4 Å². The molecule has 0 spiro atoms. The van der Waals surface area contributed by atoms with Gasteiger partial charge in [0.25, 0.3) is 10.0 Å². The zero-order valence-electron chi connectivity index (χ0n) is 26.8. The van der Waals surface area contributed by atoms with Gasteiger partial charge in [0.05, 0.1) is 10.6 Å². The first-order valence-corrected chi connectivity index (χ1v) is 17.4. The molecule has 0 unspecified atom stereocenters. The molecule has 0 bridgehead atoms. The third kappa shape index (κ3) is 8.77. The van der Waals surface area contributed by atoms with Crippen molar-refractivity contribution < 1.29 is 18.0 Å². The van der Waals surface area contributed by atoms with Crippen LogP contribution in [-0.2, 0) is 39.0 Å². The largest absolute Gasteiger partial charge is 0.352 e. The van der Waals surface area contributed by atoms with E-state index in [0.717, 1.165) is 22.3 Å². The Hall–Kier alpha value is -4.14. The zero-order valence-corrected chi connectivity index (χ0v) is 28.4. The minimum Gasteiger partial charge on any atom is -0.352 e. The number of para-hydroxylation sites is 1. The Bertz CT molecular complexity index is 1730. The molecule has 242 valence electrons. The summed E-state index contributed by atoms with van der Waals surface area (Å²) in [5.74, 6) is -0.822. The Morgan fingerprint density at radius 3 is 2.15 bits per heavy atom. The van der Waals surface area contributed by atoms with Gasteiger partial charge in [-0.05, 0) is 73.7 Å². The first-order valence-electron chi connectivity index (χ1n) is 15.6. The maximum Gasteiger partial charge on any atom is 0.264 e. The van der Waals surface area contributed by atoms with Crippen molar-refractivity contribution in [1.29, 1.82) is 0 Å². The van der Waals surface area contributed by atoms with E-state index in [1.54, 1.807) is 54.6 Å². The highest BCUT2D eigenvalue weighted by atomic mass is 35.5. The minimum absolute atomic E-state index is 0.0542. The Labute approximate surface area is 278 Å². The molecule has 0 aromatic heterocycles. The normalized spacial score (nSPS) is 12.6. The van der Waals surface area contributed by atoms with Crippen molar-refractivity contribution in [2.24, 2.45) is 0 Å². The average molecular weight is 660 g/mol. The molecule has 2 amide bonds. The third-order valence-electron chi connectivity index (χ3n) is 8.04. The highest BCUT2D eigenvalue weighted by Crippen LogP contribution is 2.29. The lowest BCUT2D eigenvalue weighted by atomic mass is 10.0. The van der Waals surface area contributed by atoms with Gasteiger partial charge in [0, 0.05) is 24.0 Å². The number of aryl methyl sites for hydroxylation is 2. The Balaban J connectivity index is 1.84. The van der Waals surface area contributed by atoms with Crippen LogP contribution < -0.4 is 9.62 Å². The summed E-state index contributed by atoms with van der Waals surface area (Å²) in [5.41, 5.74) is 3.71. The number of benzene rings is 4. The van der Waals surface area contributed by atoms with Gasteiger partial charge in [-0.25, -0.2) is 8.42 Å². The zero-order chi connectivity index (χ0) is 33.3. The van der Waals surface area contributed by atoms with Gasteiger partial charge in [0.2, 0.25) is 11.8 Å². The third-order valence-corrected chi connectivity index (χ3v) is 10.1. The first-order chi connectivity index (χ1) is 22.0. The number of amides is 2. The number of hydrogen-bond acceptors (Lipinski definition) is 4. The molecule has 0 saturated heterocycles. The number of anilines is 1. The Kier molecular flexibility index (Phi) is 12.0. The molecule has 0 saturated carbocycles. The van der Waals surface area contributed by atoms with Crippen LogP contribution in [0.15, 0.2) is 108 Å². The van der Waals surface area contributed by atoms with E-state index in [4.69, 9.17) is 11.6 Å². The number of nitrogens with one attached hydrogen (secondary N) is 1. The molecule has 0 aliphatic carbocycles. The summed E-state index contributed by atoms with van der Waals surface area (Å²) in [6.07, 6.45) is 1.51. The number of nitrogens with zero attached hydrogens (tertiary/aromatic N) is 2. The van der Waals surface area contributed by atoms with Gasteiger partial charge in [-0.1, -0.05) is 104 Å². The molecule has 4 aromatic carbocycles. The van der Waals surface area contributed by atoms with E-state index in [1.165, 1.54) is 9.21 Å². The summed E-state index contributed by atoms with van der Waals surface area (Å²) in [6.45, 7) is 7.27. The quantitative estimate of drug-likeness (QED) is 0.159. The molecule has 2 atom stereocenters. The summed E-state index contributed by atoms with van der Waals surface area (Å²) < 4.78 is 29.8. The Morgan fingerprint density at radius 1 is 0.848 bits per heavy atom. The molecule has 0 heterocycles. The highest BCUT2D eigenvalue weighted by molar-refractivity contribution is 7.92. The van der Waals surface area contributed by atoms with Gasteiger partial charge < -0.3 is 10.2 Å². The second-order valence-corrected chi connectivity index (χ2v) is 13.8. The molecule has 0 fully saturated rings. The first kappa shape index (κ1) is 34.7. The lowest BCUT2D eigenvalue weighted by Gasteiger charge is -2.34. The molecule has 4 rings (SSSR count). The van der Waals surface area contributed by atoms with Crippen LogP contribution >= 0.6 is 11.6 Å². The molecule has 4 aromatic rings. The fraction of sp³-hybridized carbons (Fsp3) is 0.297. The van der Waals surface area contributed by atoms with Crippen molar-refractivity contribution in [3.63, 3.8) is 0 Å². The van der Waals surface area contributed by atoms with E-state index in [0.29, 0.717) is 23.6 Å². The SMILES string of the molecule is CCc1ccccc1N(CC(=O)N(Cc1cccc(Cl)c1)[C@H](Cc1ccccc1)C(=O)N[C@H](C)CC)S(=O)(=O)c1ccc(C)cc1. The average Bonchev–Trinajstić information content (AvgIpc) is 3.05. The maximum atomic E-state index is 14.6. The summed E-state index contributed by atoms with van der Waals surface area (Å²) in [6, 6.07) is 29.3. The predicted molar refractivity (Wildman–Crippen MR) is 185 cm³/mol. The number of rotatable bonds is 14. The molecule has 46 heavy (non-hydrogen) atoms. The standard InChI is InChI=1S/C37H42ClN3O4S/c1-5-28(4)39-37(43)35(24-29-13-8-7-9-14-29)40(25-30-15-12-17-32(38)23-30)36(42)26-41(34-18-11-10-16-31(34)6-2)46(44,45)33-21-19-27(3)20-22-33/h7-23,28,35H,5-6,24-26H2,1-4H3,(H,39,43)/t28-,35-/m1/s1. The van der Waals surface area contributed by atoms with Crippen LogP contribution in [0.4, 0.5) is 5.69 Å². The summed E-state index contributed by atoms with van der Waals surface area (Å²) in [5, 5.41) is 3.55. The van der Waals surface area contributed by atoms with Crippen LogP contribution in [0.5, 0.6) is 0 Å². The second kappa shape index (κ2) is 15.9. The topological polar surface area (TPSA) is 86.8 Å². The fourth-order valence-corrected chi connectivity index (χ4v) is 6.90. The molecule has 0 aliphatic heterocycles. The number of carbonyl (C=O) groups excluding carboxylic acids is 2. The van der Waals surface area contributed by atoms with Gasteiger partial charge in [-0.15, -0.1) is 0 Å². The van der Waals surface area contributed by atoms with Crippen molar-refractivity contribution >= 4 is 39.1 Å². The van der Waals surface area contributed by atoms with Crippen LogP contribution in [0.2, 0.25) is 5.02 Å². The summed E-state index contributed by atoms with van der Waals surface area (Å²) >= 11 is 6.33. The van der Waals surface area contributed by atoms with E-state index in [-0.39, 0.29) is 29.8 Å². The van der Waals surface area contributed by atoms with E-state index in [2.05, 4.69) is 5.32 Å². The van der Waals surface area contributed by atoms with Gasteiger partial charge in [-0.3, -0.25) is 13.9 Å². The smallest absolute Gasteiger partial charge is 0.264 e. The number of hydrogen-bond donors (Lipinski definition) is 1. The van der Waals surface area contributed by atoms with E-state index in [1.807, 2.05) is 76.2 Å². The van der Waals surface area contributed by atoms with E-state index < -0.39 is 28.5 Å². The molecule has 0 radical (unpaired) electrons. The van der Waals surface area contributed by atoms with Crippen molar-refractivity contribution in [3.8, 4) is 0 Å². The number of carbonyl (C=O) groups is 2.